The van der Waals surface area contributed by atoms with Crippen molar-refractivity contribution in [1.82, 2.24) is 5.32 Å². The molecule has 24 heavy (non-hydrogen) atoms. The van der Waals surface area contributed by atoms with E-state index in [9.17, 15) is 14.9 Å². The molecule has 1 amide bonds. The van der Waals surface area contributed by atoms with E-state index in [-0.39, 0.29) is 24.5 Å². The zero-order valence-corrected chi connectivity index (χ0v) is 12.8. The fraction of sp³-hybridized carbons (Fsp3) is 0.118. The van der Waals surface area contributed by atoms with Crippen molar-refractivity contribution in [2.24, 2.45) is 0 Å². The van der Waals surface area contributed by atoms with Crippen LogP contribution in [0.15, 0.2) is 54.6 Å². The van der Waals surface area contributed by atoms with Gasteiger partial charge >= 0.3 is 6.09 Å². The predicted octanol–water partition coefficient (Wildman–Crippen LogP) is 3.12. The molecule has 0 fully saturated rings. The van der Waals surface area contributed by atoms with Gasteiger partial charge in [0.05, 0.1) is 4.92 Å². The molecule has 7 nitrogen and oxygen atoms in total. The highest BCUT2D eigenvalue weighted by Crippen LogP contribution is 2.22. The molecule has 0 atom stereocenters. The van der Waals surface area contributed by atoms with Gasteiger partial charge in [0.25, 0.3) is 5.69 Å². The quantitative estimate of drug-likeness (QED) is 0.481. The molecule has 0 heterocycles. The van der Waals surface area contributed by atoms with Crippen molar-refractivity contribution >= 4 is 23.5 Å². The Hall–Kier alpha value is -3.35. The van der Waals surface area contributed by atoms with Crippen molar-refractivity contribution in [3.05, 3.63) is 75.8 Å². The van der Waals surface area contributed by atoms with Crippen molar-refractivity contribution in [3.8, 4) is 0 Å². The van der Waals surface area contributed by atoms with Gasteiger partial charge in [-0.2, -0.15) is 0 Å². The van der Waals surface area contributed by atoms with E-state index in [1.54, 1.807) is 18.2 Å². The zero-order chi connectivity index (χ0) is 17.4. The van der Waals surface area contributed by atoms with E-state index in [1.165, 1.54) is 12.1 Å². The highest BCUT2D eigenvalue weighted by atomic mass is 16.6. The van der Waals surface area contributed by atoms with Gasteiger partial charge in [0.2, 0.25) is 0 Å². The Kier molecular flexibility index (Phi) is 5.90. The number of hydrogen-bond acceptors (Lipinski definition) is 5. The van der Waals surface area contributed by atoms with E-state index in [0.717, 1.165) is 5.56 Å². The third kappa shape index (κ3) is 5.13. The lowest BCUT2D eigenvalue weighted by Gasteiger charge is -2.05. The molecular weight excluding hydrogens is 310 g/mol. The van der Waals surface area contributed by atoms with E-state index in [4.69, 9.17) is 10.5 Å². The Labute approximate surface area is 138 Å². The van der Waals surface area contributed by atoms with Crippen molar-refractivity contribution in [3.63, 3.8) is 0 Å². The largest absolute Gasteiger partial charge is 0.445 e. The molecule has 2 aromatic rings. The van der Waals surface area contributed by atoms with E-state index in [2.05, 4.69) is 5.32 Å². The number of nitrogen functional groups attached to an aromatic ring is 1. The number of amides is 1. The monoisotopic (exact) mass is 327 g/mol. The number of nitro benzene ring substituents is 1. The average molecular weight is 327 g/mol. The summed E-state index contributed by atoms with van der Waals surface area (Å²) in [6.07, 6.45) is 2.88. The third-order valence-corrected chi connectivity index (χ3v) is 3.14. The number of nitrogens with zero attached hydrogens (tertiary/aromatic N) is 1. The van der Waals surface area contributed by atoms with Crippen LogP contribution < -0.4 is 11.1 Å². The summed E-state index contributed by atoms with van der Waals surface area (Å²) in [4.78, 5) is 21.7. The van der Waals surface area contributed by atoms with E-state index in [0.29, 0.717) is 5.56 Å². The molecular formula is C17H17N3O4. The number of nitrogens with two attached hydrogens (primary N) is 1. The minimum Gasteiger partial charge on any atom is -0.445 e. The number of carbonyl (C=O) groups is 1. The molecule has 2 aromatic carbocycles. The minimum atomic E-state index is -0.535. The fourth-order valence-electron chi connectivity index (χ4n) is 1.95. The molecule has 3 N–H and O–H groups in total. The van der Waals surface area contributed by atoms with Crippen molar-refractivity contribution in [1.29, 1.82) is 0 Å². The second-order valence-corrected chi connectivity index (χ2v) is 4.92. The molecule has 0 spiro atoms. The molecule has 0 saturated heterocycles. The lowest BCUT2D eigenvalue weighted by molar-refractivity contribution is -0.383. The SMILES string of the molecule is Nc1cc(C=CCNC(=O)OCc2ccccc2)ccc1[N+](=O)[O-]. The summed E-state index contributed by atoms with van der Waals surface area (Å²) >= 11 is 0. The Bertz CT molecular complexity index is 745. The number of ether oxygens (including phenoxy) is 1. The maximum atomic E-state index is 11.5. The number of nitrogens with one attached hydrogen (secondary N) is 1. The molecule has 0 aliphatic carbocycles. The normalized spacial score (nSPS) is 10.5. The standard InChI is InChI=1S/C17H17N3O4/c18-15-11-13(8-9-16(15)20(22)23)7-4-10-19-17(21)24-12-14-5-2-1-3-6-14/h1-9,11H,10,12,18H2,(H,19,21). The molecule has 0 saturated carbocycles. The number of nitro groups is 1. The highest BCUT2D eigenvalue weighted by Gasteiger charge is 2.09. The molecule has 0 bridgehead atoms. The van der Waals surface area contributed by atoms with Gasteiger partial charge in [-0.25, -0.2) is 4.79 Å². The maximum absolute atomic E-state index is 11.5. The second kappa shape index (κ2) is 8.33. The third-order valence-electron chi connectivity index (χ3n) is 3.14. The topological polar surface area (TPSA) is 107 Å². The molecule has 7 heteroatoms. The number of anilines is 1. The first-order valence-corrected chi connectivity index (χ1v) is 7.21. The van der Waals surface area contributed by atoms with Gasteiger partial charge in [-0.05, 0) is 23.3 Å². The number of hydrogen-bond donors (Lipinski definition) is 2. The van der Waals surface area contributed by atoms with Gasteiger partial charge in [0.15, 0.2) is 0 Å². The molecule has 0 aliphatic heterocycles. The first-order chi connectivity index (χ1) is 11.6. The second-order valence-electron chi connectivity index (χ2n) is 4.92. The van der Waals surface area contributed by atoms with E-state index in [1.807, 2.05) is 30.3 Å². The van der Waals surface area contributed by atoms with Crippen LogP contribution in [0.3, 0.4) is 0 Å². The van der Waals surface area contributed by atoms with Crippen LogP contribution in [-0.4, -0.2) is 17.6 Å². The number of benzene rings is 2. The minimum absolute atomic E-state index is 0.0948. The number of carbonyl (C=O) groups excluding carboxylic acids is 1. The van der Waals surface area contributed by atoms with Crippen LogP contribution in [0.5, 0.6) is 0 Å². The summed E-state index contributed by atoms with van der Waals surface area (Å²) in [5.41, 5.74) is 7.18. The summed E-state index contributed by atoms with van der Waals surface area (Å²) in [6.45, 7) is 0.472. The van der Waals surface area contributed by atoms with Crippen LogP contribution in [-0.2, 0) is 11.3 Å². The van der Waals surface area contributed by atoms with E-state index < -0.39 is 11.0 Å². The summed E-state index contributed by atoms with van der Waals surface area (Å²) in [7, 11) is 0. The van der Waals surface area contributed by atoms with Crippen LogP contribution in [0.2, 0.25) is 0 Å². The zero-order valence-electron chi connectivity index (χ0n) is 12.8. The van der Waals surface area contributed by atoms with Crippen LogP contribution in [0, 0.1) is 10.1 Å². The van der Waals surface area contributed by atoms with Gasteiger partial charge in [-0.15, -0.1) is 0 Å². The number of alkyl carbamates (subject to hydrolysis) is 1. The summed E-state index contributed by atoms with van der Waals surface area (Å²) in [5.74, 6) is 0. The van der Waals surface area contributed by atoms with Crippen LogP contribution in [0.1, 0.15) is 11.1 Å². The lowest BCUT2D eigenvalue weighted by atomic mass is 10.1. The van der Waals surface area contributed by atoms with Gasteiger partial charge < -0.3 is 15.8 Å². The Morgan fingerprint density at radius 2 is 2.00 bits per heavy atom. The molecule has 0 radical (unpaired) electrons. The number of rotatable bonds is 6. The lowest BCUT2D eigenvalue weighted by Crippen LogP contribution is -2.24. The van der Waals surface area contributed by atoms with Crippen molar-refractivity contribution < 1.29 is 14.5 Å². The molecule has 0 unspecified atom stereocenters. The summed E-state index contributed by atoms with van der Waals surface area (Å²) in [6, 6.07) is 13.8. The van der Waals surface area contributed by atoms with Gasteiger partial charge in [-0.1, -0.05) is 42.5 Å². The molecule has 0 aliphatic rings. The highest BCUT2D eigenvalue weighted by molar-refractivity contribution is 5.68. The van der Waals surface area contributed by atoms with Gasteiger partial charge in [-0.3, -0.25) is 10.1 Å². The first-order valence-electron chi connectivity index (χ1n) is 7.21. The van der Waals surface area contributed by atoms with Gasteiger partial charge in [0, 0.05) is 12.6 Å². The summed E-state index contributed by atoms with van der Waals surface area (Å²) in [5, 5.41) is 13.3. The molecule has 124 valence electrons. The predicted molar refractivity (Wildman–Crippen MR) is 91.2 cm³/mol. The van der Waals surface area contributed by atoms with Crippen molar-refractivity contribution in [2.75, 3.05) is 12.3 Å². The average Bonchev–Trinajstić information content (AvgIpc) is 2.57. The Balaban J connectivity index is 1.77. The molecule has 0 aromatic heterocycles. The Morgan fingerprint density at radius 1 is 1.25 bits per heavy atom. The van der Waals surface area contributed by atoms with E-state index >= 15 is 0 Å². The first kappa shape index (κ1) is 17.0. The van der Waals surface area contributed by atoms with Crippen LogP contribution in [0.4, 0.5) is 16.2 Å². The molecule has 2 rings (SSSR count). The van der Waals surface area contributed by atoms with Crippen LogP contribution in [0.25, 0.3) is 6.08 Å². The summed E-state index contributed by atoms with van der Waals surface area (Å²) < 4.78 is 5.06. The van der Waals surface area contributed by atoms with Gasteiger partial charge in [0.1, 0.15) is 12.3 Å². The fourth-order valence-corrected chi connectivity index (χ4v) is 1.95. The smallest absolute Gasteiger partial charge is 0.407 e. The Morgan fingerprint density at radius 3 is 2.67 bits per heavy atom. The van der Waals surface area contributed by atoms with Crippen LogP contribution >= 0.6 is 0 Å². The van der Waals surface area contributed by atoms with Crippen molar-refractivity contribution in [2.45, 2.75) is 6.61 Å². The maximum Gasteiger partial charge on any atom is 0.407 e.